The van der Waals surface area contributed by atoms with Crippen LogP contribution in [-0.4, -0.2) is 52.1 Å². The average molecular weight is 350 g/mol. The van der Waals surface area contributed by atoms with Gasteiger partial charge >= 0.3 is 0 Å². The van der Waals surface area contributed by atoms with Crippen LogP contribution in [0.1, 0.15) is 5.69 Å². The van der Waals surface area contributed by atoms with Crippen LogP contribution < -0.4 is 5.32 Å². The molecule has 0 saturated heterocycles. The van der Waals surface area contributed by atoms with Crippen LogP contribution in [0, 0.1) is 11.3 Å². The molecule has 0 aliphatic rings. The number of nitrogens with zero attached hydrogens (tertiary/aromatic N) is 3. The van der Waals surface area contributed by atoms with Crippen LogP contribution >= 0.6 is 0 Å². The van der Waals surface area contributed by atoms with E-state index in [-0.39, 0.29) is 22.4 Å². The highest BCUT2D eigenvalue weighted by Gasteiger charge is 2.18. The van der Waals surface area contributed by atoms with E-state index in [1.54, 1.807) is 19.2 Å². The number of benzene rings is 1. The van der Waals surface area contributed by atoms with Crippen molar-refractivity contribution in [1.29, 1.82) is 5.26 Å². The molecule has 1 aromatic heterocycles. The molecule has 2 rings (SSSR count). The summed E-state index contributed by atoms with van der Waals surface area (Å²) in [6, 6.07) is 8.07. The zero-order chi connectivity index (χ0) is 17.7. The topological polar surface area (TPSA) is 108 Å². The van der Waals surface area contributed by atoms with E-state index in [9.17, 15) is 8.42 Å². The van der Waals surface area contributed by atoms with Gasteiger partial charge in [0.25, 0.3) is 0 Å². The third kappa shape index (κ3) is 3.73. The zero-order valence-corrected chi connectivity index (χ0v) is 14.4. The van der Waals surface area contributed by atoms with Crippen LogP contribution in [0.4, 0.5) is 5.88 Å². The van der Waals surface area contributed by atoms with Crippen LogP contribution in [0.25, 0.3) is 11.5 Å². The third-order valence-corrected chi connectivity index (χ3v) is 5.03. The van der Waals surface area contributed by atoms with Crippen molar-refractivity contribution in [3.63, 3.8) is 0 Å². The van der Waals surface area contributed by atoms with Gasteiger partial charge < -0.3 is 14.5 Å². The molecule has 8 nitrogen and oxygen atoms in total. The molecule has 0 amide bonds. The Hall–Kier alpha value is -2.41. The summed E-state index contributed by atoms with van der Waals surface area (Å²) in [5.74, 6) is 0.495. The zero-order valence-electron chi connectivity index (χ0n) is 13.6. The average Bonchev–Trinajstić information content (AvgIpc) is 2.98. The van der Waals surface area contributed by atoms with E-state index in [0.717, 1.165) is 4.31 Å². The largest absolute Gasteiger partial charge is 0.419 e. The minimum absolute atomic E-state index is 0.131. The highest BCUT2D eigenvalue weighted by molar-refractivity contribution is 7.89. The van der Waals surface area contributed by atoms with Crippen molar-refractivity contribution in [3.8, 4) is 17.5 Å². The first kappa shape index (κ1) is 17.9. The van der Waals surface area contributed by atoms with Gasteiger partial charge in [-0.3, -0.25) is 0 Å². The van der Waals surface area contributed by atoms with Gasteiger partial charge in [-0.05, 0) is 24.3 Å². The Bertz CT molecular complexity index is 835. The summed E-state index contributed by atoms with van der Waals surface area (Å²) in [6.45, 7) is 0.928. The van der Waals surface area contributed by atoms with E-state index in [1.165, 1.54) is 26.2 Å². The Balaban J connectivity index is 2.28. The second-order valence-electron chi connectivity index (χ2n) is 5.04. The summed E-state index contributed by atoms with van der Waals surface area (Å²) < 4.78 is 35.7. The molecular formula is C15H18N4O4S. The molecule has 0 fully saturated rings. The smallest absolute Gasteiger partial charge is 0.242 e. The monoisotopic (exact) mass is 350 g/mol. The lowest BCUT2D eigenvalue weighted by atomic mass is 10.2. The molecule has 0 radical (unpaired) electrons. The van der Waals surface area contributed by atoms with E-state index >= 15 is 0 Å². The molecule has 0 spiro atoms. The molecule has 1 aromatic carbocycles. The first-order chi connectivity index (χ1) is 11.4. The quantitative estimate of drug-likeness (QED) is 0.754. The van der Waals surface area contributed by atoms with Crippen molar-refractivity contribution < 1.29 is 17.6 Å². The first-order valence-corrected chi connectivity index (χ1v) is 8.51. The Morgan fingerprint density at radius 3 is 2.54 bits per heavy atom. The normalized spacial score (nSPS) is 11.5. The molecule has 0 aliphatic heterocycles. The summed E-state index contributed by atoms with van der Waals surface area (Å²) in [6.07, 6.45) is 0. The fraction of sp³-hybridized carbons (Fsp3) is 0.333. The molecule has 2 aromatic rings. The molecule has 0 bridgehead atoms. The minimum atomic E-state index is -3.49. The Morgan fingerprint density at radius 1 is 1.33 bits per heavy atom. The first-order valence-electron chi connectivity index (χ1n) is 7.07. The van der Waals surface area contributed by atoms with E-state index in [2.05, 4.69) is 10.3 Å². The lowest BCUT2D eigenvalue weighted by molar-refractivity contribution is 0.210. The van der Waals surface area contributed by atoms with Crippen LogP contribution in [0.3, 0.4) is 0 Å². The van der Waals surface area contributed by atoms with Gasteiger partial charge in [-0.1, -0.05) is 0 Å². The fourth-order valence-corrected chi connectivity index (χ4v) is 2.79. The molecule has 9 heteroatoms. The summed E-state index contributed by atoms with van der Waals surface area (Å²) in [4.78, 5) is 4.28. The van der Waals surface area contributed by atoms with Gasteiger partial charge in [-0.15, -0.1) is 0 Å². The van der Waals surface area contributed by atoms with Crippen molar-refractivity contribution in [2.75, 3.05) is 39.7 Å². The van der Waals surface area contributed by atoms with Gasteiger partial charge in [0, 0.05) is 33.3 Å². The lowest BCUT2D eigenvalue weighted by Gasteiger charge is -2.11. The molecule has 0 saturated carbocycles. The van der Waals surface area contributed by atoms with Crippen molar-refractivity contribution >= 4 is 15.9 Å². The SMILES string of the molecule is COCCNc1oc(-c2ccc(S(=O)(=O)N(C)C)cc2)nc1C#N. The van der Waals surface area contributed by atoms with Gasteiger partial charge in [0.2, 0.25) is 27.5 Å². The van der Waals surface area contributed by atoms with Crippen molar-refractivity contribution in [3.05, 3.63) is 30.0 Å². The number of methoxy groups -OCH3 is 1. The summed E-state index contributed by atoms with van der Waals surface area (Å²) in [7, 11) is 1.01. The molecular weight excluding hydrogens is 332 g/mol. The maximum atomic E-state index is 12.1. The van der Waals surface area contributed by atoms with E-state index < -0.39 is 10.0 Å². The molecule has 0 unspecified atom stereocenters. The molecule has 1 heterocycles. The number of sulfonamides is 1. The summed E-state index contributed by atoms with van der Waals surface area (Å²) >= 11 is 0. The van der Waals surface area contributed by atoms with Crippen LogP contribution in [0.5, 0.6) is 0 Å². The predicted molar refractivity (Wildman–Crippen MR) is 87.9 cm³/mol. The summed E-state index contributed by atoms with van der Waals surface area (Å²) in [5.41, 5.74) is 0.704. The van der Waals surface area contributed by atoms with Gasteiger partial charge in [0.1, 0.15) is 6.07 Å². The highest BCUT2D eigenvalue weighted by Crippen LogP contribution is 2.26. The number of rotatable bonds is 7. The number of nitrogens with one attached hydrogen (secondary N) is 1. The van der Waals surface area contributed by atoms with Crippen molar-refractivity contribution in [2.45, 2.75) is 4.90 Å². The third-order valence-electron chi connectivity index (χ3n) is 3.20. The standard InChI is InChI=1S/C15H18N4O4S/c1-19(2)24(20,21)12-6-4-11(5-7-12)14-18-13(10-16)15(23-14)17-8-9-22-3/h4-7,17H,8-9H2,1-3H3. The van der Waals surface area contributed by atoms with Gasteiger partial charge in [0.15, 0.2) is 0 Å². The Morgan fingerprint density at radius 2 is 2.00 bits per heavy atom. The van der Waals surface area contributed by atoms with Crippen LogP contribution in [0.2, 0.25) is 0 Å². The Kier molecular flexibility index (Phi) is 5.56. The number of ether oxygens (including phenoxy) is 1. The number of aromatic nitrogens is 1. The van der Waals surface area contributed by atoms with Crippen molar-refractivity contribution in [1.82, 2.24) is 9.29 Å². The maximum Gasteiger partial charge on any atom is 0.242 e. The number of hydrogen-bond acceptors (Lipinski definition) is 7. The second-order valence-corrected chi connectivity index (χ2v) is 7.19. The second kappa shape index (κ2) is 7.44. The molecule has 0 atom stereocenters. The molecule has 1 N–H and O–H groups in total. The Labute approximate surface area is 140 Å². The molecule has 24 heavy (non-hydrogen) atoms. The lowest BCUT2D eigenvalue weighted by Crippen LogP contribution is -2.22. The predicted octanol–water partition coefficient (Wildman–Crippen LogP) is 1.52. The molecule has 0 aliphatic carbocycles. The minimum Gasteiger partial charge on any atom is -0.419 e. The van der Waals surface area contributed by atoms with E-state index in [0.29, 0.717) is 18.7 Å². The number of hydrogen-bond donors (Lipinski definition) is 1. The molecule has 128 valence electrons. The number of anilines is 1. The fourth-order valence-electron chi connectivity index (χ4n) is 1.89. The van der Waals surface area contributed by atoms with Crippen molar-refractivity contribution in [2.24, 2.45) is 0 Å². The van der Waals surface area contributed by atoms with E-state index in [4.69, 9.17) is 14.4 Å². The van der Waals surface area contributed by atoms with E-state index in [1.807, 2.05) is 6.07 Å². The van der Waals surface area contributed by atoms with Crippen LogP contribution in [-0.2, 0) is 14.8 Å². The van der Waals surface area contributed by atoms with Gasteiger partial charge in [-0.2, -0.15) is 10.2 Å². The van der Waals surface area contributed by atoms with Gasteiger partial charge in [0.05, 0.1) is 11.5 Å². The van der Waals surface area contributed by atoms with Crippen LogP contribution in [0.15, 0.2) is 33.6 Å². The maximum absolute atomic E-state index is 12.1. The highest BCUT2D eigenvalue weighted by atomic mass is 32.2. The number of oxazole rings is 1. The summed E-state index contributed by atoms with van der Waals surface area (Å²) in [5, 5.41) is 12.0. The van der Waals surface area contributed by atoms with Gasteiger partial charge in [-0.25, -0.2) is 12.7 Å². The number of nitriles is 1.